The Labute approximate surface area is 139 Å². The van der Waals surface area contributed by atoms with Crippen molar-refractivity contribution < 1.29 is 4.79 Å². The van der Waals surface area contributed by atoms with Gasteiger partial charge in [0.25, 0.3) is 0 Å². The predicted molar refractivity (Wildman–Crippen MR) is 94.3 cm³/mol. The van der Waals surface area contributed by atoms with Crippen molar-refractivity contribution in [2.24, 2.45) is 5.41 Å². The van der Waals surface area contributed by atoms with Gasteiger partial charge in [-0.2, -0.15) is 0 Å². The molecule has 1 N–H and O–H groups in total. The van der Waals surface area contributed by atoms with E-state index >= 15 is 0 Å². The SMILES string of the molecule is Cc1ccc(Nc2nnc(SCC(=O)C(C)(C)C)s2)c(C)c1. The van der Waals surface area contributed by atoms with E-state index < -0.39 is 0 Å². The van der Waals surface area contributed by atoms with Gasteiger partial charge in [-0.1, -0.05) is 61.6 Å². The topological polar surface area (TPSA) is 54.9 Å². The van der Waals surface area contributed by atoms with Crippen LogP contribution in [0.15, 0.2) is 22.5 Å². The van der Waals surface area contributed by atoms with Gasteiger partial charge in [0.2, 0.25) is 5.13 Å². The number of aryl methyl sites for hydroxylation is 2. The number of hydrogen-bond donors (Lipinski definition) is 1. The molecular formula is C16H21N3OS2. The molecule has 0 aliphatic rings. The Morgan fingerprint density at radius 1 is 1.27 bits per heavy atom. The van der Waals surface area contributed by atoms with Gasteiger partial charge in [0.05, 0.1) is 5.75 Å². The molecule has 0 saturated carbocycles. The van der Waals surface area contributed by atoms with Crippen molar-refractivity contribution in [2.45, 2.75) is 39.0 Å². The summed E-state index contributed by atoms with van der Waals surface area (Å²) in [6.07, 6.45) is 0. The van der Waals surface area contributed by atoms with Crippen LogP contribution in [0.4, 0.5) is 10.8 Å². The summed E-state index contributed by atoms with van der Waals surface area (Å²) in [4.78, 5) is 11.9. The zero-order valence-electron chi connectivity index (χ0n) is 13.6. The summed E-state index contributed by atoms with van der Waals surface area (Å²) < 4.78 is 0.810. The average Bonchev–Trinajstić information content (AvgIpc) is 2.86. The van der Waals surface area contributed by atoms with Gasteiger partial charge in [-0.25, -0.2) is 0 Å². The molecule has 22 heavy (non-hydrogen) atoms. The molecule has 0 spiro atoms. The van der Waals surface area contributed by atoms with Crippen molar-refractivity contribution in [1.29, 1.82) is 0 Å². The van der Waals surface area contributed by atoms with Crippen molar-refractivity contribution in [1.82, 2.24) is 10.2 Å². The van der Waals surface area contributed by atoms with Gasteiger partial charge in [0.1, 0.15) is 5.78 Å². The summed E-state index contributed by atoms with van der Waals surface area (Å²) in [7, 11) is 0. The fraction of sp³-hybridized carbons (Fsp3) is 0.438. The number of Topliss-reactive ketones (excluding diaryl/α,β-unsaturated/α-hetero) is 1. The number of benzene rings is 1. The van der Waals surface area contributed by atoms with Crippen LogP contribution in [0.25, 0.3) is 0 Å². The molecule has 1 heterocycles. The highest BCUT2D eigenvalue weighted by Crippen LogP contribution is 2.30. The molecular weight excluding hydrogens is 314 g/mol. The highest BCUT2D eigenvalue weighted by atomic mass is 32.2. The van der Waals surface area contributed by atoms with Crippen LogP contribution in [-0.4, -0.2) is 21.7 Å². The third-order valence-electron chi connectivity index (χ3n) is 3.19. The van der Waals surface area contributed by atoms with Crippen LogP contribution in [-0.2, 0) is 4.79 Å². The van der Waals surface area contributed by atoms with Crippen molar-refractivity contribution in [3.8, 4) is 0 Å². The van der Waals surface area contributed by atoms with E-state index in [1.807, 2.05) is 26.8 Å². The second-order valence-corrected chi connectivity index (χ2v) is 8.48. The summed E-state index contributed by atoms with van der Waals surface area (Å²) in [6, 6.07) is 6.23. The molecule has 0 saturated heterocycles. The van der Waals surface area contributed by atoms with Gasteiger partial charge in [0, 0.05) is 11.1 Å². The Bertz CT molecular complexity index is 674. The van der Waals surface area contributed by atoms with Crippen LogP contribution < -0.4 is 5.32 Å². The molecule has 0 bridgehead atoms. The molecule has 0 aliphatic carbocycles. The lowest BCUT2D eigenvalue weighted by atomic mass is 9.92. The second kappa shape index (κ2) is 6.79. The molecule has 1 aromatic heterocycles. The maximum absolute atomic E-state index is 11.9. The van der Waals surface area contributed by atoms with E-state index in [2.05, 4.69) is 41.5 Å². The van der Waals surface area contributed by atoms with Crippen LogP contribution in [0, 0.1) is 19.3 Å². The number of hydrogen-bond acceptors (Lipinski definition) is 6. The highest BCUT2D eigenvalue weighted by Gasteiger charge is 2.21. The van der Waals surface area contributed by atoms with Gasteiger partial charge in [-0.3, -0.25) is 4.79 Å². The number of nitrogens with zero attached hydrogens (tertiary/aromatic N) is 2. The second-order valence-electron chi connectivity index (χ2n) is 6.28. The fourth-order valence-electron chi connectivity index (χ4n) is 1.73. The number of aromatic nitrogens is 2. The van der Waals surface area contributed by atoms with Crippen LogP contribution >= 0.6 is 23.1 Å². The lowest BCUT2D eigenvalue weighted by Crippen LogP contribution is -2.21. The number of thioether (sulfide) groups is 1. The minimum atomic E-state index is -0.308. The summed E-state index contributed by atoms with van der Waals surface area (Å²) in [5.74, 6) is 0.651. The number of nitrogens with one attached hydrogen (secondary N) is 1. The van der Waals surface area contributed by atoms with Crippen LogP contribution in [0.5, 0.6) is 0 Å². The quantitative estimate of drug-likeness (QED) is 0.809. The minimum absolute atomic E-state index is 0.219. The zero-order chi connectivity index (χ0) is 16.3. The molecule has 2 aromatic rings. The lowest BCUT2D eigenvalue weighted by molar-refractivity contribution is -0.123. The van der Waals surface area contributed by atoms with Crippen molar-refractivity contribution >= 4 is 39.7 Å². The first-order chi connectivity index (χ1) is 10.3. The monoisotopic (exact) mass is 335 g/mol. The van der Waals surface area contributed by atoms with E-state index in [-0.39, 0.29) is 11.2 Å². The molecule has 6 heteroatoms. The number of ketones is 1. The minimum Gasteiger partial charge on any atom is -0.330 e. The molecule has 0 aliphatic heterocycles. The van der Waals surface area contributed by atoms with Gasteiger partial charge in [0.15, 0.2) is 4.34 Å². The van der Waals surface area contributed by atoms with Crippen molar-refractivity contribution in [3.63, 3.8) is 0 Å². The molecule has 4 nitrogen and oxygen atoms in total. The maximum atomic E-state index is 11.9. The lowest BCUT2D eigenvalue weighted by Gasteiger charge is -2.15. The Balaban J connectivity index is 1.98. The van der Waals surface area contributed by atoms with E-state index in [1.165, 1.54) is 34.2 Å². The van der Waals surface area contributed by atoms with E-state index in [9.17, 15) is 4.79 Å². The van der Waals surface area contributed by atoms with E-state index in [1.54, 1.807) is 0 Å². The fourth-order valence-corrected chi connectivity index (χ4v) is 3.66. The summed E-state index contributed by atoms with van der Waals surface area (Å²) in [6.45, 7) is 9.94. The van der Waals surface area contributed by atoms with E-state index in [0.717, 1.165) is 15.2 Å². The van der Waals surface area contributed by atoms with E-state index in [0.29, 0.717) is 5.75 Å². The van der Waals surface area contributed by atoms with Crippen LogP contribution in [0.2, 0.25) is 0 Å². The highest BCUT2D eigenvalue weighted by molar-refractivity contribution is 8.01. The maximum Gasteiger partial charge on any atom is 0.210 e. The van der Waals surface area contributed by atoms with Gasteiger partial charge >= 0.3 is 0 Å². The third-order valence-corrected chi connectivity index (χ3v) is 5.17. The Morgan fingerprint density at radius 3 is 2.64 bits per heavy atom. The normalized spacial score (nSPS) is 11.5. The van der Waals surface area contributed by atoms with Gasteiger partial charge in [-0.15, -0.1) is 10.2 Å². The van der Waals surface area contributed by atoms with Crippen LogP contribution in [0.3, 0.4) is 0 Å². The summed E-state index contributed by atoms with van der Waals surface area (Å²) >= 11 is 2.92. The third kappa shape index (κ3) is 4.55. The first kappa shape index (κ1) is 17.0. The van der Waals surface area contributed by atoms with Crippen molar-refractivity contribution in [2.75, 3.05) is 11.1 Å². The zero-order valence-corrected chi connectivity index (χ0v) is 15.2. The van der Waals surface area contributed by atoms with Gasteiger partial charge < -0.3 is 5.32 Å². The first-order valence-electron chi connectivity index (χ1n) is 7.09. The smallest absolute Gasteiger partial charge is 0.210 e. The van der Waals surface area contributed by atoms with Gasteiger partial charge in [-0.05, 0) is 25.5 Å². The van der Waals surface area contributed by atoms with Crippen LogP contribution in [0.1, 0.15) is 31.9 Å². The molecule has 0 amide bonds. The number of anilines is 2. The Kier molecular flexibility index (Phi) is 5.24. The molecule has 118 valence electrons. The summed E-state index contributed by atoms with van der Waals surface area (Å²) in [5, 5.41) is 12.3. The van der Waals surface area contributed by atoms with E-state index in [4.69, 9.17) is 0 Å². The molecule has 0 atom stereocenters. The predicted octanol–water partition coefficient (Wildman–Crippen LogP) is 4.61. The first-order valence-corrected chi connectivity index (χ1v) is 8.90. The number of carbonyl (C=O) groups excluding carboxylic acids is 1. The largest absolute Gasteiger partial charge is 0.330 e. The Morgan fingerprint density at radius 2 is 2.00 bits per heavy atom. The molecule has 0 fully saturated rings. The summed E-state index contributed by atoms with van der Waals surface area (Å²) in [5.41, 5.74) is 3.13. The number of rotatable bonds is 5. The molecule has 2 rings (SSSR count). The standard InChI is InChI=1S/C16H21N3OS2/c1-10-6-7-12(11(2)8-10)17-14-18-19-15(22-14)21-9-13(20)16(3,4)5/h6-8H,9H2,1-5H3,(H,17,18). The Hall–Kier alpha value is -1.40. The molecule has 1 aromatic carbocycles. The van der Waals surface area contributed by atoms with Crippen molar-refractivity contribution in [3.05, 3.63) is 29.3 Å². The average molecular weight is 335 g/mol. The molecule has 0 unspecified atom stereocenters. The number of carbonyl (C=O) groups is 1. The molecule has 0 radical (unpaired) electrons.